The number of ether oxygens (including phenoxy) is 3. The van der Waals surface area contributed by atoms with Gasteiger partial charge in [0.15, 0.2) is 6.10 Å². The number of hydrogen-bond donors (Lipinski definition) is 1. The number of carbonyl (C=O) groups excluding carboxylic acids is 1. The van der Waals surface area contributed by atoms with Gasteiger partial charge in [-0.2, -0.15) is 0 Å². The van der Waals surface area contributed by atoms with Gasteiger partial charge in [0.05, 0.1) is 13.7 Å². The van der Waals surface area contributed by atoms with Crippen LogP contribution in [0.5, 0.6) is 5.75 Å². The summed E-state index contributed by atoms with van der Waals surface area (Å²) in [5, 5.41) is 9.43. The Morgan fingerprint density at radius 2 is 2.12 bits per heavy atom. The summed E-state index contributed by atoms with van der Waals surface area (Å²) in [6.45, 7) is 0.257. The van der Waals surface area contributed by atoms with Crippen molar-refractivity contribution in [2.45, 2.75) is 18.8 Å². The zero-order valence-electron chi connectivity index (χ0n) is 9.46. The summed E-state index contributed by atoms with van der Waals surface area (Å²) in [4.78, 5) is 11.2. The molecular formula is C12H14O5. The van der Waals surface area contributed by atoms with Crippen LogP contribution in [0.1, 0.15) is 5.56 Å². The van der Waals surface area contributed by atoms with E-state index in [-0.39, 0.29) is 13.2 Å². The Hall–Kier alpha value is -1.59. The van der Waals surface area contributed by atoms with Crippen molar-refractivity contribution >= 4 is 5.97 Å². The standard InChI is InChI=1S/C12H14O5/c1-15-9-4-2-8(3-5-9)6-16-11-10(13)7-17-12(11)14/h2-5,10-11,13H,6-7H2,1H3/t10-,11-/m1/s1. The number of carbonyl (C=O) groups is 1. The predicted molar refractivity (Wildman–Crippen MR) is 58.5 cm³/mol. The third kappa shape index (κ3) is 2.75. The van der Waals surface area contributed by atoms with Crippen molar-refractivity contribution < 1.29 is 24.1 Å². The van der Waals surface area contributed by atoms with Gasteiger partial charge in [0.1, 0.15) is 18.5 Å². The highest BCUT2D eigenvalue weighted by Crippen LogP contribution is 2.16. The summed E-state index contributed by atoms with van der Waals surface area (Å²) in [7, 11) is 1.59. The van der Waals surface area contributed by atoms with E-state index in [0.717, 1.165) is 11.3 Å². The van der Waals surface area contributed by atoms with Crippen LogP contribution >= 0.6 is 0 Å². The molecule has 0 saturated carbocycles. The number of aliphatic hydroxyl groups excluding tert-OH is 1. The molecule has 0 bridgehead atoms. The summed E-state index contributed by atoms with van der Waals surface area (Å²) in [6.07, 6.45) is -1.75. The summed E-state index contributed by atoms with van der Waals surface area (Å²) in [5.74, 6) is 0.250. The Bertz CT molecular complexity index is 386. The topological polar surface area (TPSA) is 65.0 Å². The van der Waals surface area contributed by atoms with Gasteiger partial charge in [-0.15, -0.1) is 0 Å². The summed E-state index contributed by atoms with van der Waals surface area (Å²) in [6, 6.07) is 7.29. The average Bonchev–Trinajstić information content (AvgIpc) is 2.67. The normalized spacial score (nSPS) is 23.5. The molecule has 1 aromatic rings. The molecule has 0 aromatic heterocycles. The summed E-state index contributed by atoms with van der Waals surface area (Å²) in [5.41, 5.74) is 0.901. The van der Waals surface area contributed by atoms with E-state index in [0.29, 0.717) is 0 Å². The second-order valence-corrected chi connectivity index (χ2v) is 3.78. The van der Waals surface area contributed by atoms with Crippen molar-refractivity contribution in [3.63, 3.8) is 0 Å². The number of benzene rings is 1. The zero-order valence-corrected chi connectivity index (χ0v) is 9.46. The molecule has 0 spiro atoms. The maximum Gasteiger partial charge on any atom is 0.338 e. The van der Waals surface area contributed by atoms with Crippen molar-refractivity contribution in [2.24, 2.45) is 0 Å². The Balaban J connectivity index is 1.90. The molecule has 5 nitrogen and oxygen atoms in total. The zero-order chi connectivity index (χ0) is 12.3. The third-order valence-corrected chi connectivity index (χ3v) is 2.57. The second-order valence-electron chi connectivity index (χ2n) is 3.78. The van der Waals surface area contributed by atoms with Crippen LogP contribution in [0.2, 0.25) is 0 Å². The highest BCUT2D eigenvalue weighted by Gasteiger charge is 2.36. The minimum Gasteiger partial charge on any atom is -0.497 e. The van der Waals surface area contributed by atoms with Gasteiger partial charge in [-0.1, -0.05) is 12.1 Å². The van der Waals surface area contributed by atoms with E-state index < -0.39 is 18.2 Å². The number of cyclic esters (lactones) is 1. The molecule has 2 rings (SSSR count). The number of methoxy groups -OCH3 is 1. The summed E-state index contributed by atoms with van der Waals surface area (Å²) < 4.78 is 15.0. The Morgan fingerprint density at radius 1 is 1.41 bits per heavy atom. The molecule has 2 atom stereocenters. The van der Waals surface area contributed by atoms with E-state index in [2.05, 4.69) is 4.74 Å². The van der Waals surface area contributed by atoms with Crippen LogP contribution in [0.4, 0.5) is 0 Å². The number of esters is 1. The monoisotopic (exact) mass is 238 g/mol. The first-order valence-corrected chi connectivity index (χ1v) is 5.30. The van der Waals surface area contributed by atoms with E-state index in [1.807, 2.05) is 24.3 Å². The SMILES string of the molecule is COc1ccc(CO[C@H]2C(=O)OC[C@H]2O)cc1. The van der Waals surface area contributed by atoms with Crippen molar-refractivity contribution in [2.75, 3.05) is 13.7 Å². The maximum absolute atomic E-state index is 11.2. The Kier molecular flexibility index (Phi) is 3.61. The van der Waals surface area contributed by atoms with E-state index >= 15 is 0 Å². The van der Waals surface area contributed by atoms with Gasteiger partial charge in [0.2, 0.25) is 0 Å². The molecule has 0 unspecified atom stereocenters. The molecule has 1 aromatic carbocycles. The van der Waals surface area contributed by atoms with Crippen LogP contribution in [0.3, 0.4) is 0 Å². The van der Waals surface area contributed by atoms with Crippen LogP contribution in [0.15, 0.2) is 24.3 Å². The van der Waals surface area contributed by atoms with Gasteiger partial charge >= 0.3 is 5.97 Å². The van der Waals surface area contributed by atoms with Crippen molar-refractivity contribution in [1.82, 2.24) is 0 Å². The molecular weight excluding hydrogens is 224 g/mol. The molecule has 1 saturated heterocycles. The predicted octanol–water partition coefficient (Wildman–Crippen LogP) is 0.498. The third-order valence-electron chi connectivity index (χ3n) is 2.57. The fraction of sp³-hybridized carbons (Fsp3) is 0.417. The van der Waals surface area contributed by atoms with Crippen molar-refractivity contribution in [3.05, 3.63) is 29.8 Å². The number of hydrogen-bond acceptors (Lipinski definition) is 5. The molecule has 0 radical (unpaired) electrons. The van der Waals surface area contributed by atoms with Crippen molar-refractivity contribution in [1.29, 1.82) is 0 Å². The molecule has 5 heteroatoms. The van der Waals surface area contributed by atoms with Crippen LogP contribution < -0.4 is 4.74 Å². The quantitative estimate of drug-likeness (QED) is 0.774. The molecule has 0 amide bonds. The molecule has 1 aliphatic rings. The molecule has 1 fully saturated rings. The summed E-state index contributed by atoms with van der Waals surface area (Å²) >= 11 is 0. The van der Waals surface area contributed by atoms with E-state index in [1.54, 1.807) is 7.11 Å². The lowest BCUT2D eigenvalue weighted by Gasteiger charge is -2.11. The molecule has 1 heterocycles. The van der Waals surface area contributed by atoms with Gasteiger partial charge in [0.25, 0.3) is 0 Å². The fourth-order valence-corrected chi connectivity index (χ4v) is 1.58. The van der Waals surface area contributed by atoms with Gasteiger partial charge < -0.3 is 19.3 Å². The first-order chi connectivity index (χ1) is 8.20. The van der Waals surface area contributed by atoms with Crippen LogP contribution in [0.25, 0.3) is 0 Å². The first kappa shape index (κ1) is 11.9. The van der Waals surface area contributed by atoms with Gasteiger partial charge in [-0.3, -0.25) is 0 Å². The minimum atomic E-state index is -0.878. The lowest BCUT2D eigenvalue weighted by molar-refractivity contribution is -0.149. The average molecular weight is 238 g/mol. The first-order valence-electron chi connectivity index (χ1n) is 5.30. The minimum absolute atomic E-state index is 0.00606. The number of aliphatic hydroxyl groups is 1. The van der Waals surface area contributed by atoms with Gasteiger partial charge in [-0.05, 0) is 17.7 Å². The molecule has 0 aliphatic carbocycles. The second kappa shape index (κ2) is 5.16. The molecule has 17 heavy (non-hydrogen) atoms. The van der Waals surface area contributed by atoms with Crippen LogP contribution in [-0.2, 0) is 20.9 Å². The van der Waals surface area contributed by atoms with Gasteiger partial charge in [-0.25, -0.2) is 4.79 Å². The largest absolute Gasteiger partial charge is 0.497 e. The molecule has 1 N–H and O–H groups in total. The Morgan fingerprint density at radius 3 is 2.65 bits per heavy atom. The van der Waals surface area contributed by atoms with Crippen molar-refractivity contribution in [3.8, 4) is 5.75 Å². The van der Waals surface area contributed by atoms with E-state index in [4.69, 9.17) is 9.47 Å². The van der Waals surface area contributed by atoms with Gasteiger partial charge in [0, 0.05) is 0 Å². The smallest absolute Gasteiger partial charge is 0.338 e. The lowest BCUT2D eigenvalue weighted by atomic mass is 10.2. The van der Waals surface area contributed by atoms with E-state index in [1.165, 1.54) is 0 Å². The lowest BCUT2D eigenvalue weighted by Crippen LogP contribution is -2.29. The molecule has 92 valence electrons. The molecule has 1 aliphatic heterocycles. The Labute approximate surface area is 98.9 Å². The van der Waals surface area contributed by atoms with Crippen LogP contribution in [-0.4, -0.2) is 37.0 Å². The fourth-order valence-electron chi connectivity index (χ4n) is 1.58. The highest BCUT2D eigenvalue weighted by molar-refractivity contribution is 5.77. The van der Waals surface area contributed by atoms with E-state index in [9.17, 15) is 9.90 Å². The maximum atomic E-state index is 11.2. The number of rotatable bonds is 4. The highest BCUT2D eigenvalue weighted by atomic mass is 16.6. The van der Waals surface area contributed by atoms with Crippen LogP contribution in [0, 0.1) is 0 Å².